The highest BCUT2D eigenvalue weighted by atomic mass is 16.6. The Balaban J connectivity index is 2.03. The van der Waals surface area contributed by atoms with Crippen LogP contribution in [0.1, 0.15) is 33.3 Å². The molecule has 33 heavy (non-hydrogen) atoms. The van der Waals surface area contributed by atoms with Crippen molar-refractivity contribution in [2.45, 2.75) is 27.7 Å². The van der Waals surface area contributed by atoms with E-state index in [2.05, 4.69) is 38.2 Å². The van der Waals surface area contributed by atoms with Crippen molar-refractivity contribution in [3.63, 3.8) is 0 Å². The van der Waals surface area contributed by atoms with Gasteiger partial charge in [-0.3, -0.25) is 14.9 Å². The predicted molar refractivity (Wildman–Crippen MR) is 129 cm³/mol. The van der Waals surface area contributed by atoms with Crippen LogP contribution in [0.25, 0.3) is 0 Å². The van der Waals surface area contributed by atoms with E-state index in [-0.39, 0.29) is 17.2 Å². The maximum absolute atomic E-state index is 12.0. The smallest absolute Gasteiger partial charge is 0.293 e. The van der Waals surface area contributed by atoms with Crippen LogP contribution in [0, 0.1) is 22.0 Å². The Morgan fingerprint density at radius 2 is 1.70 bits per heavy atom. The molecule has 1 N–H and O–H groups in total. The molecule has 9 heteroatoms. The molecule has 0 unspecified atom stereocenters. The number of hydrazone groups is 1. The van der Waals surface area contributed by atoms with Gasteiger partial charge in [-0.25, -0.2) is 5.43 Å². The van der Waals surface area contributed by atoms with E-state index in [1.165, 1.54) is 12.3 Å². The zero-order valence-corrected chi connectivity index (χ0v) is 19.8. The monoisotopic (exact) mass is 456 g/mol. The van der Waals surface area contributed by atoms with Crippen LogP contribution in [0.5, 0.6) is 11.5 Å². The van der Waals surface area contributed by atoms with Crippen LogP contribution in [0.3, 0.4) is 0 Å². The van der Waals surface area contributed by atoms with E-state index in [1.807, 2.05) is 4.90 Å². The Hall–Kier alpha value is -3.62. The van der Waals surface area contributed by atoms with Crippen LogP contribution in [0.4, 0.5) is 11.4 Å². The Kier molecular flexibility index (Phi) is 9.65. The molecular formula is C24H32N4O5. The van der Waals surface area contributed by atoms with E-state index >= 15 is 0 Å². The normalized spacial score (nSPS) is 11.1. The van der Waals surface area contributed by atoms with E-state index in [4.69, 9.17) is 9.47 Å². The first-order chi connectivity index (χ1) is 15.7. The highest BCUT2D eigenvalue weighted by Gasteiger charge is 2.21. The number of amides is 1. The Morgan fingerprint density at radius 3 is 2.24 bits per heavy atom. The van der Waals surface area contributed by atoms with Crippen molar-refractivity contribution < 1.29 is 19.2 Å². The van der Waals surface area contributed by atoms with Gasteiger partial charge in [-0.1, -0.05) is 33.8 Å². The summed E-state index contributed by atoms with van der Waals surface area (Å²) in [6, 6.07) is 11.8. The molecule has 9 nitrogen and oxygen atoms in total. The van der Waals surface area contributed by atoms with Crippen LogP contribution in [-0.2, 0) is 4.79 Å². The second kappa shape index (κ2) is 12.4. The quantitative estimate of drug-likeness (QED) is 0.291. The average Bonchev–Trinajstić information content (AvgIpc) is 2.77. The number of carbonyl (C=O) groups is 1. The van der Waals surface area contributed by atoms with Gasteiger partial charge in [-0.2, -0.15) is 5.10 Å². The molecule has 1 amide bonds. The number of ether oxygens (including phenoxy) is 2. The molecule has 178 valence electrons. The van der Waals surface area contributed by atoms with E-state index in [0.29, 0.717) is 34.6 Å². The summed E-state index contributed by atoms with van der Waals surface area (Å²) in [7, 11) is 1.57. The van der Waals surface area contributed by atoms with Gasteiger partial charge in [0.25, 0.3) is 11.6 Å². The van der Waals surface area contributed by atoms with Gasteiger partial charge in [0.1, 0.15) is 17.2 Å². The first-order valence-corrected chi connectivity index (χ1v) is 10.8. The Labute approximate surface area is 194 Å². The molecule has 0 spiro atoms. The zero-order chi connectivity index (χ0) is 24.4. The largest absolute Gasteiger partial charge is 0.497 e. The Morgan fingerprint density at radius 1 is 1.09 bits per heavy atom. The van der Waals surface area contributed by atoms with Gasteiger partial charge in [0, 0.05) is 24.7 Å². The number of hydrogen-bond donors (Lipinski definition) is 1. The van der Waals surface area contributed by atoms with Crippen molar-refractivity contribution in [2.24, 2.45) is 16.9 Å². The number of methoxy groups -OCH3 is 1. The third-order valence-electron chi connectivity index (χ3n) is 4.54. The lowest BCUT2D eigenvalue weighted by molar-refractivity contribution is -0.384. The molecular weight excluding hydrogens is 424 g/mol. The molecule has 0 aliphatic heterocycles. The highest BCUT2D eigenvalue weighted by molar-refractivity contribution is 5.85. The molecule has 0 aliphatic carbocycles. The van der Waals surface area contributed by atoms with Gasteiger partial charge in [-0.15, -0.1) is 0 Å². The van der Waals surface area contributed by atoms with Gasteiger partial charge in [0.05, 0.1) is 18.2 Å². The second-order valence-corrected chi connectivity index (χ2v) is 8.46. The maximum Gasteiger partial charge on any atom is 0.293 e. The number of hydrogen-bond acceptors (Lipinski definition) is 7. The standard InChI is InChI=1S/C24H32N4O5/c1-17(2)14-27(15-18(3)4)22-11-6-19(12-23(22)28(30)31)13-25-26-24(29)16-33-21-9-7-20(32-5)8-10-21/h6-13,17-18H,14-16H2,1-5H3,(H,26,29)/b25-13-. The SMILES string of the molecule is COc1ccc(OCC(=O)N/N=C\c2ccc(N(CC(C)C)CC(C)C)c([N+](=O)[O-])c2)cc1. The van der Waals surface area contributed by atoms with Crippen LogP contribution >= 0.6 is 0 Å². The molecule has 0 heterocycles. The summed E-state index contributed by atoms with van der Waals surface area (Å²) in [5.41, 5.74) is 3.46. The molecule has 0 fully saturated rings. The topological polar surface area (TPSA) is 106 Å². The van der Waals surface area contributed by atoms with Crippen molar-refractivity contribution in [3.05, 3.63) is 58.1 Å². The number of anilines is 1. The fourth-order valence-corrected chi connectivity index (χ4v) is 3.22. The molecule has 0 radical (unpaired) electrons. The van der Waals surface area contributed by atoms with E-state index in [0.717, 1.165) is 13.1 Å². The number of carbonyl (C=O) groups excluding carboxylic acids is 1. The van der Waals surface area contributed by atoms with Gasteiger partial charge in [-0.05, 0) is 42.2 Å². The zero-order valence-electron chi connectivity index (χ0n) is 19.8. The minimum absolute atomic E-state index is 0.00872. The first kappa shape index (κ1) is 25.6. The lowest BCUT2D eigenvalue weighted by Gasteiger charge is -2.28. The molecule has 2 aromatic rings. The highest BCUT2D eigenvalue weighted by Crippen LogP contribution is 2.30. The molecule has 2 rings (SSSR count). The van der Waals surface area contributed by atoms with Crippen LogP contribution in [0.2, 0.25) is 0 Å². The second-order valence-electron chi connectivity index (χ2n) is 8.46. The number of nitrogens with one attached hydrogen (secondary N) is 1. The summed E-state index contributed by atoms with van der Waals surface area (Å²) in [5.74, 6) is 1.48. The van der Waals surface area contributed by atoms with Crippen molar-refractivity contribution in [1.82, 2.24) is 5.43 Å². The number of rotatable bonds is 12. The summed E-state index contributed by atoms with van der Waals surface area (Å²) in [4.78, 5) is 25.4. The Bertz CT molecular complexity index is 948. The van der Waals surface area contributed by atoms with Crippen LogP contribution in [0.15, 0.2) is 47.6 Å². The summed E-state index contributed by atoms with van der Waals surface area (Å²) in [6.07, 6.45) is 1.37. The van der Waals surface area contributed by atoms with E-state index < -0.39 is 5.91 Å². The fourth-order valence-electron chi connectivity index (χ4n) is 3.22. The number of nitro groups is 1. The van der Waals surface area contributed by atoms with Gasteiger partial charge >= 0.3 is 0 Å². The molecule has 0 saturated heterocycles. The maximum atomic E-state index is 12.0. The summed E-state index contributed by atoms with van der Waals surface area (Å²) < 4.78 is 10.5. The lowest BCUT2D eigenvalue weighted by atomic mass is 10.1. The minimum Gasteiger partial charge on any atom is -0.497 e. The third kappa shape index (κ3) is 8.44. The minimum atomic E-state index is -0.451. The van der Waals surface area contributed by atoms with Gasteiger partial charge in [0.15, 0.2) is 6.61 Å². The van der Waals surface area contributed by atoms with Crippen molar-refractivity contribution in [2.75, 3.05) is 31.7 Å². The van der Waals surface area contributed by atoms with Crippen molar-refractivity contribution >= 4 is 23.5 Å². The van der Waals surface area contributed by atoms with Gasteiger partial charge in [0.2, 0.25) is 0 Å². The third-order valence-corrected chi connectivity index (χ3v) is 4.54. The van der Waals surface area contributed by atoms with Crippen LogP contribution in [-0.4, -0.2) is 43.9 Å². The fraction of sp³-hybridized carbons (Fsp3) is 0.417. The molecule has 0 atom stereocenters. The molecule has 0 aromatic heterocycles. The van der Waals surface area contributed by atoms with E-state index in [9.17, 15) is 14.9 Å². The van der Waals surface area contributed by atoms with Crippen molar-refractivity contribution in [3.8, 4) is 11.5 Å². The molecule has 0 bridgehead atoms. The average molecular weight is 457 g/mol. The van der Waals surface area contributed by atoms with Crippen molar-refractivity contribution in [1.29, 1.82) is 0 Å². The predicted octanol–water partition coefficient (Wildman–Crippen LogP) is 4.25. The number of benzene rings is 2. The van der Waals surface area contributed by atoms with Gasteiger partial charge < -0.3 is 14.4 Å². The van der Waals surface area contributed by atoms with Crippen LogP contribution < -0.4 is 19.8 Å². The molecule has 0 saturated carbocycles. The first-order valence-electron chi connectivity index (χ1n) is 10.8. The summed E-state index contributed by atoms with van der Waals surface area (Å²) >= 11 is 0. The number of nitrogens with zero attached hydrogens (tertiary/aromatic N) is 3. The molecule has 2 aromatic carbocycles. The van der Waals surface area contributed by atoms with E-state index in [1.54, 1.807) is 43.5 Å². The molecule has 0 aliphatic rings. The lowest BCUT2D eigenvalue weighted by Crippen LogP contribution is -2.31. The summed E-state index contributed by atoms with van der Waals surface area (Å²) in [6.45, 7) is 9.56. The summed E-state index contributed by atoms with van der Waals surface area (Å²) in [5, 5.41) is 15.6. The number of nitro benzene ring substituents is 1.